The lowest BCUT2D eigenvalue weighted by atomic mass is 10.0. The molecule has 1 atom stereocenters. The Hall–Kier alpha value is -0.220. The number of benzene rings is 2. The van der Waals surface area contributed by atoms with Crippen molar-refractivity contribution in [3.05, 3.63) is 61.5 Å². The highest BCUT2D eigenvalue weighted by Crippen LogP contribution is 2.42. The van der Waals surface area contributed by atoms with Gasteiger partial charge in [0, 0.05) is 15.6 Å². The fourth-order valence-corrected chi connectivity index (χ4v) is 3.74. The van der Waals surface area contributed by atoms with E-state index < -0.39 is 0 Å². The van der Waals surface area contributed by atoms with Gasteiger partial charge < -0.3 is 4.74 Å². The van der Waals surface area contributed by atoms with Crippen molar-refractivity contribution in [2.75, 3.05) is 7.11 Å². The smallest absolute Gasteiger partial charge is 0.137 e. The third-order valence-electron chi connectivity index (χ3n) is 3.00. The first-order valence-electron chi connectivity index (χ1n) is 5.87. The quantitative estimate of drug-likeness (QED) is 0.493. The summed E-state index contributed by atoms with van der Waals surface area (Å²) in [7, 11) is 1.64. The Labute approximate surface area is 145 Å². The third kappa shape index (κ3) is 3.33. The summed E-state index contributed by atoms with van der Waals surface area (Å²) in [5.74, 6) is 0.757. The monoisotopic (exact) mass is 436 g/mol. The maximum atomic E-state index is 6.19. The molecule has 20 heavy (non-hydrogen) atoms. The van der Waals surface area contributed by atoms with Gasteiger partial charge in [-0.25, -0.2) is 0 Å². The molecule has 0 radical (unpaired) electrons. The second-order valence-electron chi connectivity index (χ2n) is 4.38. The number of rotatable bonds is 3. The molecule has 2 rings (SSSR count). The van der Waals surface area contributed by atoms with Crippen LogP contribution in [0.25, 0.3) is 0 Å². The molecule has 5 heteroatoms. The first-order valence-corrected chi connectivity index (χ1v) is 8.33. The lowest BCUT2D eigenvalue weighted by molar-refractivity contribution is 0.408. The topological polar surface area (TPSA) is 9.23 Å². The van der Waals surface area contributed by atoms with Crippen molar-refractivity contribution in [2.24, 2.45) is 0 Å². The predicted octanol–water partition coefficient (Wildman–Crippen LogP) is 6.56. The van der Waals surface area contributed by atoms with Gasteiger partial charge in [0.05, 0.1) is 16.4 Å². The Bertz CT molecular complexity index is 644. The number of aryl methyl sites for hydroxylation is 1. The summed E-state index contributed by atoms with van der Waals surface area (Å²) in [5.41, 5.74) is 3.05. The molecule has 1 nitrogen and oxygen atoms in total. The zero-order valence-electron chi connectivity index (χ0n) is 10.9. The molecule has 0 spiro atoms. The second-order valence-corrected chi connectivity index (χ2v) is 6.99. The first kappa shape index (κ1) is 16.2. The Morgan fingerprint density at radius 3 is 2.45 bits per heavy atom. The van der Waals surface area contributed by atoms with Crippen molar-refractivity contribution >= 4 is 55.1 Å². The molecule has 0 aliphatic heterocycles. The Balaban J connectivity index is 2.52. The summed E-state index contributed by atoms with van der Waals surface area (Å²) in [6.45, 7) is 1.98. The molecule has 0 heterocycles. The van der Waals surface area contributed by atoms with E-state index in [1.54, 1.807) is 7.11 Å². The molecule has 106 valence electrons. The molecule has 0 aliphatic carbocycles. The summed E-state index contributed by atoms with van der Waals surface area (Å²) >= 11 is 19.5. The maximum Gasteiger partial charge on any atom is 0.137 e. The van der Waals surface area contributed by atoms with Gasteiger partial charge in [-0.1, -0.05) is 51.3 Å². The van der Waals surface area contributed by atoms with Crippen LogP contribution in [0.4, 0.5) is 0 Å². The van der Waals surface area contributed by atoms with Crippen molar-refractivity contribution in [2.45, 2.75) is 11.8 Å². The van der Waals surface area contributed by atoms with E-state index >= 15 is 0 Å². The molecular weight excluding hydrogens is 427 g/mol. The lowest BCUT2D eigenvalue weighted by Gasteiger charge is -2.17. The van der Waals surface area contributed by atoms with Crippen molar-refractivity contribution in [1.82, 2.24) is 0 Å². The number of alkyl halides is 1. The zero-order valence-corrected chi connectivity index (χ0v) is 15.6. The van der Waals surface area contributed by atoms with E-state index in [4.69, 9.17) is 27.9 Å². The molecular formula is C15H12Br2Cl2O. The number of hydrogen-bond donors (Lipinski definition) is 0. The highest BCUT2D eigenvalue weighted by molar-refractivity contribution is 9.10. The summed E-state index contributed by atoms with van der Waals surface area (Å²) in [6.07, 6.45) is 0. The average molecular weight is 439 g/mol. The van der Waals surface area contributed by atoms with Crippen LogP contribution in [-0.2, 0) is 0 Å². The van der Waals surface area contributed by atoms with Gasteiger partial charge in [0.25, 0.3) is 0 Å². The largest absolute Gasteiger partial charge is 0.495 e. The number of ether oxygens (including phenoxy) is 1. The minimum atomic E-state index is -0.0504. The molecule has 2 aromatic carbocycles. The van der Waals surface area contributed by atoms with Gasteiger partial charge in [0.2, 0.25) is 0 Å². The van der Waals surface area contributed by atoms with Crippen LogP contribution in [0.1, 0.15) is 21.5 Å². The number of hydrogen-bond acceptors (Lipinski definition) is 1. The van der Waals surface area contributed by atoms with Crippen LogP contribution in [0.3, 0.4) is 0 Å². The normalized spacial score (nSPS) is 12.3. The van der Waals surface area contributed by atoms with Crippen LogP contribution in [0.2, 0.25) is 10.0 Å². The highest BCUT2D eigenvalue weighted by Gasteiger charge is 2.19. The minimum Gasteiger partial charge on any atom is -0.495 e. The molecule has 0 amide bonds. The standard InChI is InChI=1S/C15H12Br2Cl2O/c1-8-3-4-9(5-13(8)19)14(17)11-6-10(18)7-12(16)15(11)20-2/h3-7,14H,1-2H3. The summed E-state index contributed by atoms with van der Waals surface area (Å²) in [6, 6.07) is 9.68. The SMILES string of the molecule is COc1c(Br)cc(Cl)cc1C(Br)c1ccc(C)c(Cl)c1. The molecule has 0 aromatic heterocycles. The van der Waals surface area contributed by atoms with Gasteiger partial charge in [0.1, 0.15) is 5.75 Å². The van der Waals surface area contributed by atoms with E-state index in [2.05, 4.69) is 31.9 Å². The van der Waals surface area contributed by atoms with Crippen LogP contribution in [0, 0.1) is 6.92 Å². The fraction of sp³-hybridized carbons (Fsp3) is 0.200. The highest BCUT2D eigenvalue weighted by atomic mass is 79.9. The second kappa shape index (κ2) is 6.69. The number of methoxy groups -OCH3 is 1. The third-order valence-corrected chi connectivity index (χ3v) is 5.24. The lowest BCUT2D eigenvalue weighted by Crippen LogP contribution is -1.98. The molecule has 0 fully saturated rings. The van der Waals surface area contributed by atoms with Crippen molar-refractivity contribution in [3.8, 4) is 5.75 Å². The Kier molecular flexibility index (Phi) is 5.41. The molecule has 0 N–H and O–H groups in total. The minimum absolute atomic E-state index is 0.0504. The van der Waals surface area contributed by atoms with Gasteiger partial charge in [0.15, 0.2) is 0 Å². The first-order chi connectivity index (χ1) is 9.43. The van der Waals surface area contributed by atoms with Gasteiger partial charge >= 0.3 is 0 Å². The van der Waals surface area contributed by atoms with Gasteiger partial charge in [-0.15, -0.1) is 0 Å². The van der Waals surface area contributed by atoms with E-state index in [1.807, 2.05) is 37.3 Å². The molecule has 1 unspecified atom stereocenters. The van der Waals surface area contributed by atoms with Crippen molar-refractivity contribution in [3.63, 3.8) is 0 Å². The Morgan fingerprint density at radius 2 is 1.85 bits per heavy atom. The molecule has 2 aromatic rings. The summed E-state index contributed by atoms with van der Waals surface area (Å²) in [5, 5.41) is 1.39. The average Bonchev–Trinajstić information content (AvgIpc) is 2.40. The van der Waals surface area contributed by atoms with Crippen molar-refractivity contribution < 1.29 is 4.74 Å². The van der Waals surface area contributed by atoms with Crippen LogP contribution in [0.15, 0.2) is 34.8 Å². The summed E-state index contributed by atoms with van der Waals surface area (Å²) < 4.78 is 6.28. The van der Waals surface area contributed by atoms with Crippen LogP contribution in [-0.4, -0.2) is 7.11 Å². The van der Waals surface area contributed by atoms with Crippen molar-refractivity contribution in [1.29, 1.82) is 0 Å². The van der Waals surface area contributed by atoms with E-state index in [0.29, 0.717) is 5.02 Å². The molecule has 0 saturated heterocycles. The van der Waals surface area contributed by atoms with Gasteiger partial charge in [-0.3, -0.25) is 0 Å². The van der Waals surface area contributed by atoms with E-state index in [-0.39, 0.29) is 4.83 Å². The molecule has 0 aliphatic rings. The number of halogens is 4. The van der Waals surface area contributed by atoms with Gasteiger partial charge in [-0.05, 0) is 52.2 Å². The summed E-state index contributed by atoms with van der Waals surface area (Å²) in [4.78, 5) is -0.0504. The van der Waals surface area contributed by atoms with E-state index in [1.165, 1.54) is 0 Å². The van der Waals surface area contributed by atoms with Gasteiger partial charge in [-0.2, -0.15) is 0 Å². The molecule has 0 bridgehead atoms. The van der Waals surface area contributed by atoms with Crippen LogP contribution in [0.5, 0.6) is 5.75 Å². The van der Waals surface area contributed by atoms with E-state index in [0.717, 1.165) is 31.9 Å². The van der Waals surface area contributed by atoms with Crippen LogP contribution < -0.4 is 4.74 Å². The fourth-order valence-electron chi connectivity index (χ4n) is 1.93. The predicted molar refractivity (Wildman–Crippen MR) is 92.7 cm³/mol. The maximum absolute atomic E-state index is 6.19. The molecule has 0 saturated carbocycles. The zero-order chi connectivity index (χ0) is 14.9. The van der Waals surface area contributed by atoms with Crippen LogP contribution >= 0.6 is 55.1 Å². The van der Waals surface area contributed by atoms with E-state index in [9.17, 15) is 0 Å². The Morgan fingerprint density at radius 1 is 1.15 bits per heavy atom.